The first-order valence-electron chi connectivity index (χ1n) is 33.8. The smallest absolute Gasteiger partial charge is 0.272 e. The van der Waals surface area contributed by atoms with E-state index in [2.05, 4.69) is 59.3 Å². The molecule has 0 radical (unpaired) electrons. The Hall–Kier alpha value is -10.1. The number of aromatic nitrogens is 3. The molecule has 3 aliphatic heterocycles. The number of halogens is 3. The molecule has 7 fully saturated rings. The van der Waals surface area contributed by atoms with Crippen LogP contribution in [-0.4, -0.2) is 103 Å². The van der Waals surface area contributed by atoms with Gasteiger partial charge in [-0.15, -0.1) is 15.0 Å². The first-order chi connectivity index (χ1) is 48.7. The minimum absolute atomic E-state index is 0.0610. The van der Waals surface area contributed by atoms with Gasteiger partial charge in [0, 0.05) is 38.2 Å². The Labute approximate surface area is 606 Å². The fourth-order valence-corrected chi connectivity index (χ4v) is 17.1. The molecule has 3 N–H and O–H groups in total. The molecule has 3 aromatic heterocycles. The molecule has 0 bridgehead atoms. The molecule has 4 aliphatic carbocycles. The van der Waals surface area contributed by atoms with Crippen LogP contribution in [0.1, 0.15) is 164 Å². The molecule has 102 heavy (non-hydrogen) atoms. The highest BCUT2D eigenvalue weighted by molar-refractivity contribution is 7.81. The Balaban J connectivity index is 0.000000154. The fourth-order valence-electron chi connectivity index (χ4n) is 15.7. The zero-order valence-electron chi connectivity index (χ0n) is 57.8. The summed E-state index contributed by atoms with van der Waals surface area (Å²) in [5, 5.41) is 8.02. The topological polar surface area (TPSA) is 210 Å². The third-order valence-corrected chi connectivity index (χ3v) is 22.3. The van der Waals surface area contributed by atoms with E-state index in [0.717, 1.165) is 51.4 Å². The number of anilines is 6. The van der Waals surface area contributed by atoms with Crippen molar-refractivity contribution in [2.75, 3.05) is 50.5 Å². The van der Waals surface area contributed by atoms with Crippen LogP contribution in [0.3, 0.4) is 0 Å². The number of nitrogens with zero attached hydrogens (tertiary/aromatic N) is 12. The van der Waals surface area contributed by atoms with Crippen molar-refractivity contribution in [3.63, 3.8) is 0 Å². The number of aryl methyl sites for hydroxylation is 3. The number of benzene rings is 3. The van der Waals surface area contributed by atoms with Gasteiger partial charge in [-0.25, -0.2) is 13.2 Å². The van der Waals surface area contributed by atoms with Crippen molar-refractivity contribution in [1.29, 1.82) is 0 Å². The minimum Gasteiger partial charge on any atom is -0.360 e. The molecule has 13 rings (SSSR count). The maximum absolute atomic E-state index is 15.1. The Morgan fingerprint density at radius 1 is 0.451 bits per heavy atom. The molecule has 6 amide bonds. The number of thiocarbonyl (C=S) groups is 3. The second-order valence-electron chi connectivity index (χ2n) is 27.7. The highest BCUT2D eigenvalue weighted by Gasteiger charge is 2.62. The molecule has 7 aliphatic rings. The SMILES string of the molecule is [C-]#[N+]c1ncc(N2C(=O)C3(CCC(C)(C)CC3)N(c3ccc(C(=O)NC)c(F)c3)C2=S)cc1C.[C-]#[N+]c1ncc(N2C(=O)C3(CCC4CCCCC4C3)N(c3ccc(C(=O)NC)c(F)c3)C2=S)cc1C.[C-]#[N+]c1ncc(N2C(=O)C3(CCCCC3)N(c3ccc(C(=O)NC)c(F)c3)C2=S)cc1C. The van der Waals surface area contributed by atoms with E-state index in [4.69, 9.17) is 56.4 Å². The molecule has 3 aromatic carbocycles. The third-order valence-electron chi connectivity index (χ3n) is 21.2. The highest BCUT2D eigenvalue weighted by atomic mass is 32.1. The summed E-state index contributed by atoms with van der Waals surface area (Å²) in [7, 11) is 4.33. The number of nitrogens with one attached hydrogen (secondary N) is 3. The van der Waals surface area contributed by atoms with Gasteiger partial charge in [0.15, 0.2) is 15.3 Å². The number of pyridine rings is 3. The Morgan fingerprint density at radius 2 is 0.784 bits per heavy atom. The van der Waals surface area contributed by atoms with E-state index in [1.807, 2.05) is 4.90 Å². The predicted molar refractivity (Wildman–Crippen MR) is 396 cm³/mol. The van der Waals surface area contributed by atoms with Gasteiger partial charge in [-0.2, -0.15) is 0 Å². The molecule has 3 spiro atoms. The van der Waals surface area contributed by atoms with Crippen molar-refractivity contribution in [2.24, 2.45) is 17.3 Å². The average molecular weight is 1440 g/mol. The van der Waals surface area contributed by atoms with E-state index in [-0.39, 0.29) is 72.6 Å². The average Bonchev–Trinajstić information content (AvgIpc) is 1.39. The van der Waals surface area contributed by atoms with Gasteiger partial charge in [-0.3, -0.25) is 43.5 Å². The van der Waals surface area contributed by atoms with Gasteiger partial charge < -0.3 is 45.2 Å². The summed E-state index contributed by atoms with van der Waals surface area (Å²) in [4.78, 5) is 111. The number of hydrogen-bond acceptors (Lipinski definition) is 12. The number of rotatable bonds is 9. The van der Waals surface area contributed by atoms with Gasteiger partial charge in [-0.05, 0) is 222 Å². The van der Waals surface area contributed by atoms with Crippen LogP contribution >= 0.6 is 36.7 Å². The predicted octanol–water partition coefficient (Wildman–Crippen LogP) is 14.5. The lowest BCUT2D eigenvalue weighted by Crippen LogP contribution is -2.55. The Morgan fingerprint density at radius 3 is 1.12 bits per heavy atom. The van der Waals surface area contributed by atoms with Crippen LogP contribution in [-0.2, 0) is 14.4 Å². The van der Waals surface area contributed by atoms with Crippen LogP contribution in [0.15, 0.2) is 91.4 Å². The van der Waals surface area contributed by atoms with E-state index in [1.54, 1.807) is 67.0 Å². The van der Waals surface area contributed by atoms with Crippen molar-refractivity contribution >= 4 is 139 Å². The van der Waals surface area contributed by atoms with Gasteiger partial charge in [0.25, 0.3) is 52.9 Å². The van der Waals surface area contributed by atoms with E-state index in [9.17, 15) is 37.5 Å². The number of carbonyl (C=O) groups excluding carboxylic acids is 6. The summed E-state index contributed by atoms with van der Waals surface area (Å²) >= 11 is 17.5. The van der Waals surface area contributed by atoms with Crippen LogP contribution in [0, 0.1) is 75.2 Å². The van der Waals surface area contributed by atoms with Crippen molar-refractivity contribution in [3.05, 3.63) is 176 Å². The number of fused-ring (bicyclic) bond motifs is 1. The van der Waals surface area contributed by atoms with Crippen LogP contribution in [0.5, 0.6) is 0 Å². The zero-order valence-corrected chi connectivity index (χ0v) is 60.3. The third kappa shape index (κ3) is 13.0. The molecule has 3 atom stereocenters. The summed E-state index contributed by atoms with van der Waals surface area (Å²) in [5.74, 6) is -2.28. The first-order valence-corrected chi connectivity index (χ1v) is 35.0. The largest absolute Gasteiger partial charge is 0.360 e. The molecular weight excluding hydrogens is 1360 g/mol. The van der Waals surface area contributed by atoms with Crippen LogP contribution in [0.25, 0.3) is 14.5 Å². The number of amides is 6. The minimum atomic E-state index is -0.958. The molecule has 3 unspecified atom stereocenters. The Kier molecular flexibility index (Phi) is 20.8. The zero-order chi connectivity index (χ0) is 73.5. The lowest BCUT2D eigenvalue weighted by molar-refractivity contribution is -0.124. The molecule has 526 valence electrons. The summed E-state index contributed by atoms with van der Waals surface area (Å²) in [6.07, 6.45) is 17.9. The van der Waals surface area contributed by atoms with Gasteiger partial charge in [0.1, 0.15) is 52.7 Å². The summed E-state index contributed by atoms with van der Waals surface area (Å²) in [6, 6.07) is 18.2. The highest BCUT2D eigenvalue weighted by Crippen LogP contribution is 2.54. The molecule has 21 nitrogen and oxygen atoms in total. The number of hydrogen-bond donors (Lipinski definition) is 3. The standard InChI is InChI=1S/C27H28FN5O2S.C25H26FN5O2S.C23H22FN5O2S/c1-16-12-20(15-31-23(16)29-2)32-25(35)27(11-10-17-6-4-5-7-18(17)14-27)33(26(32)36)19-8-9-21(22(28)13-19)24(34)30-3;1-15-12-17(14-29-20(15)27-4)30-22(33)25(10-8-24(2,3)9-11-25)31(23(30)34)16-6-7-18(19(26)13-16)21(32)28-5;1-14-11-16(13-27-19(14)25-2)28-21(31)23(9-5-4-6-10-23)29(22(28)32)15-7-8-17(18(24)12-15)20(30)26-3/h8-9,12-13,15,17-18H,4-7,10-11,14H2,1,3H3,(H,30,34);6-7,12-14H,8-11H2,1-3,5H3,(H,28,32);7-8,11-13H,4-6,9-10H2,1,3H3,(H,26,30). The molecular formula is C75H76F3N15O6S3. The summed E-state index contributed by atoms with van der Waals surface area (Å²) in [6.45, 7) is 31.4. The van der Waals surface area contributed by atoms with E-state index in [1.165, 1.54) is 104 Å². The van der Waals surface area contributed by atoms with Gasteiger partial charge >= 0.3 is 0 Å². The normalized spacial score (nSPS) is 20.8. The van der Waals surface area contributed by atoms with Gasteiger partial charge in [-0.1, -0.05) is 78.5 Å². The van der Waals surface area contributed by atoms with Crippen molar-refractivity contribution in [3.8, 4) is 0 Å². The monoisotopic (exact) mass is 1440 g/mol. The lowest BCUT2D eigenvalue weighted by atomic mass is 9.64. The quantitative estimate of drug-likeness (QED) is 0.0908. The second kappa shape index (κ2) is 29.1. The van der Waals surface area contributed by atoms with Gasteiger partial charge in [0.05, 0.1) is 33.8 Å². The van der Waals surface area contributed by atoms with Crippen LogP contribution in [0.2, 0.25) is 0 Å². The first kappa shape index (κ1) is 73.1. The molecule has 3 saturated heterocycles. The Bertz CT molecular complexity index is 4630. The van der Waals surface area contributed by atoms with Crippen LogP contribution in [0.4, 0.5) is 64.7 Å². The summed E-state index contributed by atoms with van der Waals surface area (Å²) < 4.78 is 44.8. The molecule has 6 aromatic rings. The molecule has 6 heterocycles. The van der Waals surface area contributed by atoms with E-state index < -0.39 is 51.8 Å². The summed E-state index contributed by atoms with van der Waals surface area (Å²) in [5.41, 5.74) is 1.79. The van der Waals surface area contributed by atoms with Crippen molar-refractivity contribution in [1.82, 2.24) is 30.9 Å². The molecule has 4 saturated carbocycles. The second-order valence-corrected chi connectivity index (χ2v) is 28.8. The maximum Gasteiger partial charge on any atom is 0.272 e. The van der Waals surface area contributed by atoms with Crippen molar-refractivity contribution in [2.45, 2.75) is 154 Å². The van der Waals surface area contributed by atoms with E-state index >= 15 is 4.39 Å². The fraction of sp³-hybridized carbons (Fsp3) is 0.400. The van der Waals surface area contributed by atoms with Crippen molar-refractivity contribution < 1.29 is 41.9 Å². The van der Waals surface area contributed by atoms with E-state index in [0.29, 0.717) is 101 Å². The molecule has 27 heteroatoms. The van der Waals surface area contributed by atoms with Gasteiger partial charge in [0.2, 0.25) is 0 Å². The lowest BCUT2D eigenvalue weighted by Gasteiger charge is -2.47. The van der Waals surface area contributed by atoms with Crippen LogP contribution < -0.4 is 45.3 Å². The number of carbonyl (C=O) groups is 6. The maximum atomic E-state index is 15.1.